The van der Waals surface area contributed by atoms with Gasteiger partial charge in [-0.15, -0.1) is 0 Å². The molecule has 8 nitrogen and oxygen atoms in total. The zero-order chi connectivity index (χ0) is 32.4. The highest BCUT2D eigenvalue weighted by molar-refractivity contribution is 5.75. The Labute approximate surface area is 279 Å². The second-order valence-electron chi connectivity index (χ2n) is 14.9. The quantitative estimate of drug-likeness (QED) is 0.228. The molecule has 1 saturated heterocycles. The van der Waals surface area contributed by atoms with E-state index < -0.39 is 6.29 Å². The normalized spacial score (nSPS) is 31.2. The number of pyridine rings is 1. The second kappa shape index (κ2) is 14.0. The Kier molecular flexibility index (Phi) is 9.64. The Morgan fingerprint density at radius 1 is 0.915 bits per heavy atom. The van der Waals surface area contributed by atoms with Gasteiger partial charge in [0.05, 0.1) is 18.8 Å². The number of likely N-dealkylation sites (N-methyl/N-ethyl adjacent to an activating group) is 1. The number of aromatic nitrogens is 1. The maximum absolute atomic E-state index is 13.0. The summed E-state index contributed by atoms with van der Waals surface area (Å²) in [6.07, 6.45) is 9.51. The highest BCUT2D eigenvalue weighted by Crippen LogP contribution is 2.55. The van der Waals surface area contributed by atoms with Gasteiger partial charge >= 0.3 is 6.03 Å². The van der Waals surface area contributed by atoms with E-state index in [1.54, 1.807) is 0 Å². The van der Waals surface area contributed by atoms with Gasteiger partial charge in [-0.3, -0.25) is 4.98 Å². The largest absolute Gasteiger partial charge is 0.392 e. The van der Waals surface area contributed by atoms with Crippen LogP contribution in [0, 0.1) is 23.7 Å². The highest BCUT2D eigenvalue weighted by atomic mass is 16.7. The lowest BCUT2D eigenvalue weighted by atomic mass is 9.53. The van der Waals surface area contributed by atoms with Crippen molar-refractivity contribution in [2.75, 3.05) is 20.1 Å². The molecule has 5 aliphatic rings. The van der Waals surface area contributed by atoms with Crippen molar-refractivity contribution < 1.29 is 19.4 Å². The minimum atomic E-state index is -0.524. The van der Waals surface area contributed by atoms with Crippen molar-refractivity contribution in [2.45, 2.75) is 89.1 Å². The van der Waals surface area contributed by atoms with Gasteiger partial charge in [-0.1, -0.05) is 61.5 Å². The molecule has 8 heteroatoms. The van der Waals surface area contributed by atoms with Gasteiger partial charge in [0.15, 0.2) is 6.29 Å². The average molecular weight is 639 g/mol. The van der Waals surface area contributed by atoms with E-state index in [0.29, 0.717) is 6.54 Å². The van der Waals surface area contributed by atoms with Gasteiger partial charge in [0.25, 0.3) is 0 Å². The minimum absolute atomic E-state index is 0.00743. The smallest absolute Gasteiger partial charge is 0.315 e. The van der Waals surface area contributed by atoms with Gasteiger partial charge in [0.2, 0.25) is 0 Å². The van der Waals surface area contributed by atoms with E-state index >= 15 is 0 Å². The zero-order valence-electron chi connectivity index (χ0n) is 27.8. The Morgan fingerprint density at radius 2 is 1.57 bits per heavy atom. The summed E-state index contributed by atoms with van der Waals surface area (Å²) in [5.74, 6) is 2.51. The Hall–Kier alpha value is -3.30. The maximum atomic E-state index is 13.0. The monoisotopic (exact) mass is 638 g/mol. The Bertz CT molecular complexity index is 1450. The first-order chi connectivity index (χ1) is 22.8. The molecule has 3 N–H and O–H groups in total. The second-order valence-corrected chi connectivity index (χ2v) is 14.9. The molecule has 4 bridgehead atoms. The molecule has 0 unspecified atom stereocenters. The van der Waals surface area contributed by atoms with Crippen LogP contribution in [0.3, 0.4) is 0 Å². The molecule has 2 amide bonds. The molecule has 5 fully saturated rings. The van der Waals surface area contributed by atoms with Crippen LogP contribution < -0.4 is 10.6 Å². The van der Waals surface area contributed by atoms with Crippen LogP contribution in [0.15, 0.2) is 72.9 Å². The van der Waals surface area contributed by atoms with Crippen LogP contribution in [0.5, 0.6) is 0 Å². The molecule has 8 rings (SSSR count). The molecule has 3 aromatic rings. The number of hydrogen-bond acceptors (Lipinski definition) is 6. The van der Waals surface area contributed by atoms with Gasteiger partial charge < -0.3 is 30.1 Å². The summed E-state index contributed by atoms with van der Waals surface area (Å²) in [5.41, 5.74) is 5.05. The van der Waals surface area contributed by atoms with E-state index in [-0.39, 0.29) is 36.3 Å². The lowest BCUT2D eigenvalue weighted by Gasteiger charge is -2.56. The van der Waals surface area contributed by atoms with Crippen molar-refractivity contribution in [2.24, 2.45) is 23.7 Å². The highest BCUT2D eigenvalue weighted by Gasteiger charge is 2.51. The first kappa shape index (κ1) is 32.3. The number of carbonyl (C=O) groups is 1. The molecular weight excluding hydrogens is 588 g/mol. The molecule has 250 valence electrons. The molecule has 1 aliphatic heterocycles. The Balaban J connectivity index is 0.991. The fraction of sp³-hybridized carbons (Fsp3) is 0.538. The molecule has 4 aliphatic carbocycles. The lowest BCUT2D eigenvalue weighted by molar-refractivity contribution is -0.275. The molecule has 0 radical (unpaired) electrons. The number of nitrogens with zero attached hydrogens (tertiary/aromatic N) is 2. The first-order valence-corrected chi connectivity index (χ1v) is 17.6. The third-order valence-electron chi connectivity index (χ3n) is 11.2. The van der Waals surface area contributed by atoms with Gasteiger partial charge in [0, 0.05) is 55.0 Å². The van der Waals surface area contributed by atoms with E-state index in [2.05, 4.69) is 77.0 Å². The SMILES string of the molecule is C[C@H]1[C@@H](CN(C)CCc2ccccn2)O[C@@H](c2ccc(CNC(=O)NC34CC5CC(CC(C5)C3)C4)cc2)O[C@H]1c1ccc(CO)cc1. The number of urea groups is 1. The predicted octanol–water partition coefficient (Wildman–Crippen LogP) is 6.31. The summed E-state index contributed by atoms with van der Waals surface area (Å²) < 4.78 is 13.3. The van der Waals surface area contributed by atoms with Crippen LogP contribution in [0.2, 0.25) is 0 Å². The predicted molar refractivity (Wildman–Crippen MR) is 181 cm³/mol. The molecule has 47 heavy (non-hydrogen) atoms. The summed E-state index contributed by atoms with van der Waals surface area (Å²) >= 11 is 0. The number of nitrogens with one attached hydrogen (secondary N) is 2. The van der Waals surface area contributed by atoms with Crippen molar-refractivity contribution in [3.05, 3.63) is 101 Å². The van der Waals surface area contributed by atoms with E-state index in [1.165, 1.54) is 19.3 Å². The number of carbonyl (C=O) groups excluding carboxylic acids is 1. The molecule has 2 heterocycles. The average Bonchev–Trinajstić information content (AvgIpc) is 3.07. The maximum Gasteiger partial charge on any atom is 0.315 e. The Morgan fingerprint density at radius 3 is 2.21 bits per heavy atom. The first-order valence-electron chi connectivity index (χ1n) is 17.6. The third-order valence-corrected chi connectivity index (χ3v) is 11.2. The number of amides is 2. The number of aliphatic hydroxyl groups excluding tert-OH is 1. The standard InChI is InChI=1S/C39H50N4O4/c1-26-35(24-43(2)16-14-34-5-3-4-15-40-34)46-37(47-36(26)32-10-8-28(25-44)9-11-32)33-12-6-27(7-13-33)23-41-38(45)42-39-20-29-17-30(21-39)19-31(18-29)22-39/h3-13,15,26,29-31,35-37,44H,14,16-25H2,1-2H3,(H2,41,42,45)/t26-,29?,30?,31?,35+,36+,37+,39?/m0/s1. The van der Waals surface area contributed by atoms with Crippen LogP contribution in [-0.2, 0) is 29.0 Å². The number of ether oxygens (including phenoxy) is 2. The van der Waals surface area contributed by atoms with E-state index in [0.717, 1.165) is 84.5 Å². The topological polar surface area (TPSA) is 96.0 Å². The van der Waals surface area contributed by atoms with Crippen molar-refractivity contribution in [1.29, 1.82) is 0 Å². The number of benzene rings is 2. The van der Waals surface area contributed by atoms with Crippen molar-refractivity contribution in [3.8, 4) is 0 Å². The van der Waals surface area contributed by atoms with Crippen LogP contribution in [0.4, 0.5) is 4.79 Å². The summed E-state index contributed by atoms with van der Waals surface area (Å²) in [4.78, 5) is 19.8. The minimum Gasteiger partial charge on any atom is -0.392 e. The van der Waals surface area contributed by atoms with E-state index in [4.69, 9.17) is 9.47 Å². The fourth-order valence-electron chi connectivity index (χ4n) is 9.10. The molecule has 4 atom stereocenters. The molecular formula is C39H50N4O4. The summed E-state index contributed by atoms with van der Waals surface area (Å²) in [7, 11) is 2.13. The van der Waals surface area contributed by atoms with Crippen molar-refractivity contribution in [1.82, 2.24) is 20.5 Å². The summed E-state index contributed by atoms with van der Waals surface area (Å²) in [6.45, 7) is 4.33. The number of hydrogen-bond donors (Lipinski definition) is 3. The van der Waals surface area contributed by atoms with Crippen molar-refractivity contribution in [3.63, 3.8) is 0 Å². The van der Waals surface area contributed by atoms with Gasteiger partial charge in [-0.2, -0.15) is 0 Å². The van der Waals surface area contributed by atoms with E-state index in [9.17, 15) is 9.90 Å². The summed E-state index contributed by atoms with van der Waals surface area (Å²) in [6, 6.07) is 22.3. The number of aliphatic hydroxyl groups is 1. The number of rotatable bonds is 11. The fourth-order valence-corrected chi connectivity index (χ4v) is 9.10. The van der Waals surface area contributed by atoms with Crippen LogP contribution in [0.1, 0.15) is 85.8 Å². The van der Waals surface area contributed by atoms with Gasteiger partial charge in [0.1, 0.15) is 0 Å². The van der Waals surface area contributed by atoms with Crippen molar-refractivity contribution >= 4 is 6.03 Å². The molecule has 4 saturated carbocycles. The summed E-state index contributed by atoms with van der Waals surface area (Å²) in [5, 5.41) is 16.1. The molecule has 0 spiro atoms. The lowest BCUT2D eigenvalue weighted by Crippen LogP contribution is -2.61. The van der Waals surface area contributed by atoms with Gasteiger partial charge in [-0.05, 0) is 92.1 Å². The van der Waals surface area contributed by atoms with E-state index in [1.807, 2.05) is 30.5 Å². The van der Waals surface area contributed by atoms with Crippen LogP contribution in [0.25, 0.3) is 0 Å². The van der Waals surface area contributed by atoms with Crippen LogP contribution in [-0.4, -0.2) is 52.8 Å². The molecule has 1 aromatic heterocycles. The zero-order valence-corrected chi connectivity index (χ0v) is 27.8. The van der Waals surface area contributed by atoms with Gasteiger partial charge in [-0.25, -0.2) is 4.79 Å². The third kappa shape index (κ3) is 7.56. The molecule has 2 aromatic carbocycles. The van der Waals surface area contributed by atoms with Crippen LogP contribution >= 0.6 is 0 Å².